The molecule has 1 aliphatic rings. The predicted octanol–water partition coefficient (Wildman–Crippen LogP) is 1.67. The monoisotopic (exact) mass is 326 g/mol. The third-order valence-corrected chi connectivity index (χ3v) is 4.68. The SMILES string of the molecule is CC(C)n1ncc2cc(CN[C@H]3C[C@@H](O)[C@@H]3n3cccn3)cnc21. The normalized spacial score (nSPS) is 23.8. The van der Waals surface area contributed by atoms with Gasteiger partial charge in [-0.2, -0.15) is 10.2 Å². The molecule has 126 valence electrons. The molecule has 0 saturated heterocycles. The maximum atomic E-state index is 10.0. The van der Waals surface area contributed by atoms with Crippen molar-refractivity contribution in [2.45, 2.75) is 51.0 Å². The fourth-order valence-corrected chi connectivity index (χ4v) is 3.34. The van der Waals surface area contributed by atoms with Gasteiger partial charge in [-0.05, 0) is 38.0 Å². The van der Waals surface area contributed by atoms with Gasteiger partial charge in [0, 0.05) is 42.6 Å². The van der Waals surface area contributed by atoms with E-state index in [4.69, 9.17) is 0 Å². The molecule has 0 aliphatic heterocycles. The average Bonchev–Trinajstić information content (AvgIpc) is 3.19. The number of rotatable bonds is 5. The first kappa shape index (κ1) is 15.3. The number of nitrogens with one attached hydrogen (secondary N) is 1. The molecule has 0 bridgehead atoms. The molecule has 0 aromatic carbocycles. The Bertz CT molecular complexity index is 825. The van der Waals surface area contributed by atoms with E-state index in [0.717, 1.165) is 23.0 Å². The van der Waals surface area contributed by atoms with Crippen LogP contribution in [0.4, 0.5) is 0 Å². The van der Waals surface area contributed by atoms with Crippen LogP contribution in [-0.4, -0.2) is 41.8 Å². The first-order valence-electron chi connectivity index (χ1n) is 8.36. The van der Waals surface area contributed by atoms with Crippen molar-refractivity contribution in [3.63, 3.8) is 0 Å². The van der Waals surface area contributed by atoms with Gasteiger partial charge in [0.2, 0.25) is 0 Å². The summed E-state index contributed by atoms with van der Waals surface area (Å²) in [6.07, 6.45) is 7.81. The van der Waals surface area contributed by atoms with Crippen LogP contribution in [0.15, 0.2) is 36.9 Å². The van der Waals surface area contributed by atoms with Crippen LogP contribution in [0.25, 0.3) is 11.0 Å². The van der Waals surface area contributed by atoms with Gasteiger partial charge in [-0.1, -0.05) is 0 Å². The van der Waals surface area contributed by atoms with Crippen LogP contribution in [0.5, 0.6) is 0 Å². The molecule has 1 saturated carbocycles. The minimum absolute atomic E-state index is 0.000353. The van der Waals surface area contributed by atoms with E-state index in [1.54, 1.807) is 6.20 Å². The van der Waals surface area contributed by atoms with Gasteiger partial charge in [0.25, 0.3) is 0 Å². The van der Waals surface area contributed by atoms with Gasteiger partial charge in [0.1, 0.15) is 0 Å². The van der Waals surface area contributed by atoms with Crippen molar-refractivity contribution in [2.75, 3.05) is 0 Å². The highest BCUT2D eigenvalue weighted by atomic mass is 16.3. The zero-order valence-electron chi connectivity index (χ0n) is 13.9. The van der Waals surface area contributed by atoms with E-state index >= 15 is 0 Å². The maximum absolute atomic E-state index is 10.0. The van der Waals surface area contributed by atoms with Crippen molar-refractivity contribution in [3.05, 3.63) is 42.5 Å². The number of pyridine rings is 1. The van der Waals surface area contributed by atoms with E-state index < -0.39 is 0 Å². The van der Waals surface area contributed by atoms with E-state index in [9.17, 15) is 5.11 Å². The highest BCUT2D eigenvalue weighted by Crippen LogP contribution is 2.32. The maximum Gasteiger partial charge on any atom is 0.157 e. The fourth-order valence-electron chi connectivity index (χ4n) is 3.34. The zero-order valence-corrected chi connectivity index (χ0v) is 13.9. The van der Waals surface area contributed by atoms with Crippen LogP contribution >= 0.6 is 0 Å². The first-order chi connectivity index (χ1) is 11.6. The van der Waals surface area contributed by atoms with Crippen molar-refractivity contribution in [1.82, 2.24) is 29.9 Å². The summed E-state index contributed by atoms with van der Waals surface area (Å²) in [5.41, 5.74) is 2.04. The Balaban J connectivity index is 1.45. The van der Waals surface area contributed by atoms with Crippen LogP contribution in [0.3, 0.4) is 0 Å². The molecule has 0 spiro atoms. The van der Waals surface area contributed by atoms with Gasteiger partial charge in [0.05, 0.1) is 18.3 Å². The van der Waals surface area contributed by atoms with E-state index in [0.29, 0.717) is 12.6 Å². The van der Waals surface area contributed by atoms with Crippen molar-refractivity contribution in [3.8, 4) is 0 Å². The zero-order chi connectivity index (χ0) is 16.7. The Labute approximate surface area is 140 Å². The van der Waals surface area contributed by atoms with E-state index in [-0.39, 0.29) is 18.2 Å². The van der Waals surface area contributed by atoms with Gasteiger partial charge < -0.3 is 10.4 Å². The third-order valence-electron chi connectivity index (χ3n) is 4.68. The fraction of sp³-hybridized carbons (Fsp3) is 0.471. The van der Waals surface area contributed by atoms with Crippen molar-refractivity contribution in [2.24, 2.45) is 0 Å². The molecule has 1 fully saturated rings. The Morgan fingerprint density at radius 1 is 1.33 bits per heavy atom. The molecule has 4 rings (SSSR count). The molecule has 2 N–H and O–H groups in total. The van der Waals surface area contributed by atoms with E-state index in [1.165, 1.54) is 0 Å². The van der Waals surface area contributed by atoms with Gasteiger partial charge in [-0.25, -0.2) is 9.67 Å². The van der Waals surface area contributed by atoms with Crippen LogP contribution in [-0.2, 0) is 6.54 Å². The highest BCUT2D eigenvalue weighted by Gasteiger charge is 2.41. The molecule has 0 unspecified atom stereocenters. The summed E-state index contributed by atoms with van der Waals surface area (Å²) in [6.45, 7) is 4.91. The third kappa shape index (κ3) is 2.59. The van der Waals surface area contributed by atoms with Crippen molar-refractivity contribution in [1.29, 1.82) is 0 Å². The molecule has 3 aromatic rings. The number of fused-ring (bicyclic) bond motifs is 1. The quantitative estimate of drug-likeness (QED) is 0.745. The average molecular weight is 326 g/mol. The lowest BCUT2D eigenvalue weighted by Gasteiger charge is -2.42. The number of nitrogens with zero attached hydrogens (tertiary/aromatic N) is 5. The van der Waals surface area contributed by atoms with Crippen LogP contribution in [0, 0.1) is 0 Å². The van der Waals surface area contributed by atoms with Gasteiger partial charge in [-0.3, -0.25) is 4.68 Å². The molecule has 7 heteroatoms. The summed E-state index contributed by atoms with van der Waals surface area (Å²) in [5.74, 6) is 0. The molecule has 3 aromatic heterocycles. The molecule has 3 atom stereocenters. The van der Waals surface area contributed by atoms with Gasteiger partial charge in [0.15, 0.2) is 5.65 Å². The summed E-state index contributed by atoms with van der Waals surface area (Å²) >= 11 is 0. The molecule has 0 amide bonds. The molecular weight excluding hydrogens is 304 g/mol. The van der Waals surface area contributed by atoms with Crippen molar-refractivity contribution >= 4 is 11.0 Å². The first-order valence-corrected chi connectivity index (χ1v) is 8.36. The molecule has 24 heavy (non-hydrogen) atoms. The lowest BCUT2D eigenvalue weighted by atomic mass is 9.83. The summed E-state index contributed by atoms with van der Waals surface area (Å²) in [5, 5.41) is 23.2. The largest absolute Gasteiger partial charge is 0.391 e. The number of hydrogen-bond acceptors (Lipinski definition) is 5. The molecule has 0 radical (unpaired) electrons. The van der Waals surface area contributed by atoms with Crippen LogP contribution < -0.4 is 5.32 Å². The lowest BCUT2D eigenvalue weighted by Crippen LogP contribution is -2.54. The number of hydrogen-bond donors (Lipinski definition) is 2. The minimum Gasteiger partial charge on any atom is -0.391 e. The smallest absolute Gasteiger partial charge is 0.157 e. The van der Waals surface area contributed by atoms with E-state index in [2.05, 4.69) is 40.4 Å². The summed E-state index contributed by atoms with van der Waals surface area (Å²) in [4.78, 5) is 4.56. The van der Waals surface area contributed by atoms with Gasteiger partial charge >= 0.3 is 0 Å². The minimum atomic E-state index is -0.340. The molecule has 7 nitrogen and oxygen atoms in total. The molecule has 3 heterocycles. The van der Waals surface area contributed by atoms with Crippen LogP contribution in [0.2, 0.25) is 0 Å². The summed E-state index contributed by atoms with van der Waals surface area (Å²) in [7, 11) is 0. The van der Waals surface area contributed by atoms with Crippen molar-refractivity contribution < 1.29 is 5.11 Å². The number of aliphatic hydroxyl groups excluding tert-OH is 1. The summed E-state index contributed by atoms with van der Waals surface area (Å²) in [6, 6.07) is 4.52. The number of aliphatic hydroxyl groups is 1. The Kier molecular flexibility index (Phi) is 3.82. The van der Waals surface area contributed by atoms with Crippen LogP contribution in [0.1, 0.15) is 37.9 Å². The molecule has 1 aliphatic carbocycles. The topological polar surface area (TPSA) is 80.8 Å². The Morgan fingerprint density at radius 3 is 2.92 bits per heavy atom. The highest BCUT2D eigenvalue weighted by molar-refractivity contribution is 5.75. The van der Waals surface area contributed by atoms with Gasteiger partial charge in [-0.15, -0.1) is 0 Å². The second kappa shape index (κ2) is 5.99. The van der Waals surface area contributed by atoms with E-state index in [1.807, 2.05) is 34.0 Å². The lowest BCUT2D eigenvalue weighted by molar-refractivity contribution is -0.00822. The second-order valence-electron chi connectivity index (χ2n) is 6.71. The molecular formula is C17H22N6O. The number of aromatic nitrogens is 5. The second-order valence-corrected chi connectivity index (χ2v) is 6.71. The predicted molar refractivity (Wildman–Crippen MR) is 90.4 cm³/mol. The Morgan fingerprint density at radius 2 is 2.21 bits per heavy atom. The summed E-state index contributed by atoms with van der Waals surface area (Å²) < 4.78 is 3.77. The standard InChI is InChI=1S/C17H22N6O/c1-11(2)23-17-13(10-21-23)6-12(9-19-17)8-18-14-7-15(24)16(14)22-5-3-4-20-22/h3-6,9-11,14-16,18,24H,7-8H2,1-2H3/t14-,15+,16+/m0/s1. The Hall–Kier alpha value is -2.25.